The fourth-order valence-electron chi connectivity index (χ4n) is 3.36. The van der Waals surface area contributed by atoms with Gasteiger partial charge in [-0.25, -0.2) is 0 Å². The van der Waals surface area contributed by atoms with Crippen molar-refractivity contribution in [2.24, 2.45) is 0 Å². The quantitative estimate of drug-likeness (QED) is 0.548. The van der Waals surface area contributed by atoms with Gasteiger partial charge in [0.25, 0.3) is 0 Å². The maximum atomic E-state index is 10.5. The maximum absolute atomic E-state index is 10.5. The van der Waals surface area contributed by atoms with Crippen LogP contribution in [0, 0.1) is 0 Å². The van der Waals surface area contributed by atoms with Crippen LogP contribution in [0.5, 0.6) is 11.5 Å². The number of allylic oxidation sites excluding steroid dienone is 2. The molecular weight excluding hydrogens is 226 g/mol. The summed E-state index contributed by atoms with van der Waals surface area (Å²) in [7, 11) is 0. The Balaban J connectivity index is 2.18. The SMILES string of the molecule is Oc1c2c(c(O)c3ncccc13)[C@H]1C=C[C@H]2CC1. The number of pyridine rings is 1. The third-order valence-corrected chi connectivity index (χ3v) is 4.19. The van der Waals surface area contributed by atoms with E-state index in [1.165, 1.54) is 0 Å². The van der Waals surface area contributed by atoms with E-state index < -0.39 is 0 Å². The van der Waals surface area contributed by atoms with Crippen LogP contribution >= 0.6 is 0 Å². The number of phenols is 2. The smallest absolute Gasteiger partial charge is 0.146 e. The zero-order valence-corrected chi connectivity index (χ0v) is 9.80. The number of rotatable bonds is 0. The topological polar surface area (TPSA) is 53.4 Å². The van der Waals surface area contributed by atoms with Crippen LogP contribution in [0.15, 0.2) is 30.5 Å². The lowest BCUT2D eigenvalue weighted by Crippen LogP contribution is -2.17. The summed E-state index contributed by atoms with van der Waals surface area (Å²) < 4.78 is 0. The Morgan fingerprint density at radius 3 is 2.33 bits per heavy atom. The molecule has 2 aromatic rings. The molecule has 5 rings (SSSR count). The number of hydrogen-bond donors (Lipinski definition) is 2. The zero-order chi connectivity index (χ0) is 12.3. The lowest BCUT2D eigenvalue weighted by molar-refractivity contribution is 0.428. The van der Waals surface area contributed by atoms with Crippen molar-refractivity contribution in [3.63, 3.8) is 0 Å². The van der Waals surface area contributed by atoms with E-state index in [2.05, 4.69) is 17.1 Å². The summed E-state index contributed by atoms with van der Waals surface area (Å²) >= 11 is 0. The summed E-state index contributed by atoms with van der Waals surface area (Å²) in [5.74, 6) is 1.00. The van der Waals surface area contributed by atoms with Crippen LogP contribution in [-0.4, -0.2) is 15.2 Å². The summed E-state index contributed by atoms with van der Waals surface area (Å²) in [5, 5.41) is 21.5. The van der Waals surface area contributed by atoms with Crippen LogP contribution < -0.4 is 0 Å². The van der Waals surface area contributed by atoms with Gasteiger partial charge >= 0.3 is 0 Å². The van der Waals surface area contributed by atoms with Crippen LogP contribution in [-0.2, 0) is 0 Å². The summed E-state index contributed by atoms with van der Waals surface area (Å²) in [4.78, 5) is 4.20. The molecule has 0 saturated heterocycles. The van der Waals surface area contributed by atoms with E-state index in [0.29, 0.717) is 16.7 Å². The molecule has 18 heavy (non-hydrogen) atoms. The second-order valence-electron chi connectivity index (χ2n) is 5.10. The molecule has 1 aromatic carbocycles. The fourth-order valence-corrected chi connectivity index (χ4v) is 3.36. The van der Waals surface area contributed by atoms with Crippen molar-refractivity contribution < 1.29 is 10.2 Å². The summed E-state index contributed by atoms with van der Waals surface area (Å²) in [6.07, 6.45) is 8.03. The molecule has 0 aliphatic heterocycles. The monoisotopic (exact) mass is 239 g/mol. The van der Waals surface area contributed by atoms with Crippen LogP contribution in [0.3, 0.4) is 0 Å². The van der Waals surface area contributed by atoms with E-state index >= 15 is 0 Å². The molecule has 3 aliphatic carbocycles. The summed E-state index contributed by atoms with van der Waals surface area (Å²) in [6.45, 7) is 0. The van der Waals surface area contributed by atoms with Crippen molar-refractivity contribution in [1.29, 1.82) is 0 Å². The second kappa shape index (κ2) is 3.25. The highest BCUT2D eigenvalue weighted by molar-refractivity contribution is 5.93. The molecule has 2 atom stereocenters. The third kappa shape index (κ3) is 1.07. The molecule has 3 heteroatoms. The molecule has 3 nitrogen and oxygen atoms in total. The molecule has 0 saturated carbocycles. The average Bonchev–Trinajstić information content (AvgIpc) is 2.45. The van der Waals surface area contributed by atoms with Crippen molar-refractivity contribution in [2.45, 2.75) is 24.7 Å². The molecule has 0 fully saturated rings. The van der Waals surface area contributed by atoms with Crippen molar-refractivity contribution in [3.8, 4) is 11.5 Å². The molecule has 0 unspecified atom stereocenters. The van der Waals surface area contributed by atoms with Crippen LogP contribution in [0.2, 0.25) is 0 Å². The highest BCUT2D eigenvalue weighted by Crippen LogP contribution is 2.54. The number of fused-ring (bicyclic) bond motifs is 2. The van der Waals surface area contributed by atoms with Gasteiger partial charge in [0.2, 0.25) is 0 Å². The van der Waals surface area contributed by atoms with Crippen molar-refractivity contribution in [2.75, 3.05) is 0 Å². The standard InChI is InChI=1S/C15H13NO2/c17-14-10-2-1-7-16-13(10)15(18)12-9-5-3-8(4-6-9)11(12)14/h1-3,5,7-9,17-18H,4,6H2/t8-,9-/m0/s1. The first kappa shape index (κ1) is 9.95. The van der Waals surface area contributed by atoms with Gasteiger partial charge < -0.3 is 10.2 Å². The van der Waals surface area contributed by atoms with Crippen LogP contribution in [0.1, 0.15) is 35.8 Å². The Labute approximate surface area is 104 Å². The zero-order valence-electron chi connectivity index (χ0n) is 9.80. The highest BCUT2D eigenvalue weighted by Gasteiger charge is 2.35. The molecular formula is C15H13NO2. The minimum absolute atomic E-state index is 0.224. The molecule has 1 aromatic heterocycles. The Morgan fingerprint density at radius 1 is 1.00 bits per heavy atom. The maximum Gasteiger partial charge on any atom is 0.146 e. The molecule has 3 aliphatic rings. The van der Waals surface area contributed by atoms with E-state index in [4.69, 9.17) is 0 Å². The van der Waals surface area contributed by atoms with E-state index in [0.717, 1.165) is 24.0 Å². The van der Waals surface area contributed by atoms with E-state index in [1.807, 2.05) is 6.07 Å². The predicted octanol–water partition coefficient (Wildman–Crippen LogP) is 3.18. The molecule has 90 valence electrons. The van der Waals surface area contributed by atoms with Crippen LogP contribution in [0.4, 0.5) is 0 Å². The van der Waals surface area contributed by atoms with E-state index in [1.54, 1.807) is 12.3 Å². The van der Waals surface area contributed by atoms with Gasteiger partial charge in [0.15, 0.2) is 0 Å². The number of aromatic nitrogens is 1. The lowest BCUT2D eigenvalue weighted by Gasteiger charge is -2.34. The first-order chi connectivity index (χ1) is 8.77. The Morgan fingerprint density at radius 2 is 1.67 bits per heavy atom. The summed E-state index contributed by atoms with van der Waals surface area (Å²) in [6, 6.07) is 3.59. The van der Waals surface area contributed by atoms with Crippen molar-refractivity contribution in [1.82, 2.24) is 4.98 Å². The third-order valence-electron chi connectivity index (χ3n) is 4.19. The fraction of sp³-hybridized carbons (Fsp3) is 0.267. The first-order valence-electron chi connectivity index (χ1n) is 6.28. The predicted molar refractivity (Wildman–Crippen MR) is 68.9 cm³/mol. The molecule has 0 amide bonds. The van der Waals surface area contributed by atoms with Gasteiger partial charge in [-0.1, -0.05) is 12.2 Å². The first-order valence-corrected chi connectivity index (χ1v) is 6.28. The number of aromatic hydroxyl groups is 2. The second-order valence-corrected chi connectivity index (χ2v) is 5.10. The van der Waals surface area contributed by atoms with Gasteiger partial charge in [-0.05, 0) is 25.0 Å². The highest BCUT2D eigenvalue weighted by atomic mass is 16.3. The van der Waals surface area contributed by atoms with Crippen molar-refractivity contribution in [3.05, 3.63) is 41.6 Å². The average molecular weight is 239 g/mol. The van der Waals surface area contributed by atoms with Crippen LogP contribution in [0.25, 0.3) is 10.9 Å². The van der Waals surface area contributed by atoms with Gasteiger partial charge in [-0.15, -0.1) is 0 Å². The van der Waals surface area contributed by atoms with E-state index in [-0.39, 0.29) is 17.6 Å². The number of nitrogens with zero attached hydrogens (tertiary/aromatic N) is 1. The minimum Gasteiger partial charge on any atom is -0.507 e. The van der Waals surface area contributed by atoms with Gasteiger partial charge in [-0.3, -0.25) is 4.98 Å². The van der Waals surface area contributed by atoms with Gasteiger partial charge in [-0.2, -0.15) is 0 Å². The number of benzene rings is 1. The number of hydrogen-bond acceptors (Lipinski definition) is 3. The number of phenolic OH excluding ortho intramolecular Hbond substituents is 2. The minimum atomic E-state index is 0.224. The summed E-state index contributed by atoms with van der Waals surface area (Å²) in [5.41, 5.74) is 2.30. The Bertz CT molecular complexity index is 632. The van der Waals surface area contributed by atoms with Gasteiger partial charge in [0, 0.05) is 34.5 Å². The van der Waals surface area contributed by atoms with Gasteiger partial charge in [0.1, 0.15) is 17.0 Å². The molecule has 1 heterocycles. The van der Waals surface area contributed by atoms with Crippen molar-refractivity contribution >= 4 is 10.9 Å². The normalized spacial score (nSPS) is 24.4. The largest absolute Gasteiger partial charge is 0.507 e. The molecule has 0 radical (unpaired) electrons. The lowest BCUT2D eigenvalue weighted by atomic mass is 9.70. The van der Waals surface area contributed by atoms with Gasteiger partial charge in [0.05, 0.1) is 0 Å². The molecule has 2 N–H and O–H groups in total. The Kier molecular flexibility index (Phi) is 1.80. The Hall–Kier alpha value is -2.03. The van der Waals surface area contributed by atoms with E-state index in [9.17, 15) is 10.2 Å². The molecule has 0 spiro atoms. The molecule has 2 bridgehead atoms.